The normalized spacial score (nSPS) is 10.7. The predicted molar refractivity (Wildman–Crippen MR) is 47.9 cm³/mol. The van der Waals surface area contributed by atoms with Crippen LogP contribution in [-0.2, 0) is 0 Å². The zero-order valence-electron chi connectivity index (χ0n) is 7.63. The SMILES string of the molecule is C[I-]Nc1ncccc1C(C)C. The topological polar surface area (TPSA) is 24.9 Å². The second-order valence-electron chi connectivity index (χ2n) is 2.88. The number of halogens is 1. The Bertz CT molecular complexity index is 248. The van der Waals surface area contributed by atoms with Gasteiger partial charge in [0.2, 0.25) is 0 Å². The summed E-state index contributed by atoms with van der Waals surface area (Å²) in [5, 5.41) is 0. The number of hydrogen-bond acceptors (Lipinski definition) is 2. The maximum absolute atomic E-state index is 4.31. The van der Waals surface area contributed by atoms with Gasteiger partial charge in [-0.3, -0.25) is 0 Å². The summed E-state index contributed by atoms with van der Waals surface area (Å²) in [7, 11) is 0. The number of anilines is 1. The molecule has 0 atom stereocenters. The number of alkyl halides is 1. The van der Waals surface area contributed by atoms with E-state index in [1.807, 2.05) is 12.3 Å². The van der Waals surface area contributed by atoms with E-state index in [9.17, 15) is 0 Å². The van der Waals surface area contributed by atoms with E-state index >= 15 is 0 Å². The van der Waals surface area contributed by atoms with Crippen LogP contribution >= 0.6 is 0 Å². The molecule has 0 bridgehead atoms. The van der Waals surface area contributed by atoms with Gasteiger partial charge in [0.1, 0.15) is 0 Å². The van der Waals surface area contributed by atoms with Crippen molar-refractivity contribution in [2.45, 2.75) is 19.8 Å². The summed E-state index contributed by atoms with van der Waals surface area (Å²) in [6, 6.07) is 4.13. The zero-order valence-corrected chi connectivity index (χ0v) is 9.79. The van der Waals surface area contributed by atoms with Crippen LogP contribution in [0.25, 0.3) is 0 Å². The van der Waals surface area contributed by atoms with E-state index in [2.05, 4.69) is 33.4 Å². The first-order valence-electron chi connectivity index (χ1n) is 3.95. The first kappa shape index (κ1) is 9.77. The molecule has 1 heterocycles. The Kier molecular flexibility index (Phi) is 3.78. The summed E-state index contributed by atoms with van der Waals surface area (Å²) >= 11 is 0.0740. The molecule has 1 N–H and O–H groups in total. The van der Waals surface area contributed by atoms with Crippen LogP contribution in [0.5, 0.6) is 0 Å². The molecule has 0 aromatic carbocycles. The van der Waals surface area contributed by atoms with E-state index in [1.54, 1.807) is 0 Å². The second kappa shape index (κ2) is 4.64. The van der Waals surface area contributed by atoms with Gasteiger partial charge in [-0.1, -0.05) is 0 Å². The molecule has 0 amide bonds. The van der Waals surface area contributed by atoms with Crippen molar-refractivity contribution in [3.63, 3.8) is 0 Å². The van der Waals surface area contributed by atoms with Crippen LogP contribution in [0.15, 0.2) is 18.3 Å². The van der Waals surface area contributed by atoms with Crippen LogP contribution in [0.1, 0.15) is 25.3 Å². The second-order valence-corrected chi connectivity index (χ2v) is 4.50. The van der Waals surface area contributed by atoms with Crippen LogP contribution in [0, 0.1) is 0 Å². The summed E-state index contributed by atoms with van der Waals surface area (Å²) in [6.45, 7) is 4.38. The van der Waals surface area contributed by atoms with Crippen molar-refractivity contribution < 1.29 is 21.5 Å². The Morgan fingerprint density at radius 3 is 2.83 bits per heavy atom. The number of nitrogens with one attached hydrogen (secondary N) is 1. The number of nitrogens with zero attached hydrogens (tertiary/aromatic N) is 1. The summed E-state index contributed by atoms with van der Waals surface area (Å²) in [5.74, 6) is 1.62. The first-order valence-corrected chi connectivity index (χ1v) is 7.18. The van der Waals surface area contributed by atoms with Gasteiger partial charge in [-0.05, 0) is 0 Å². The molecule has 0 saturated heterocycles. The van der Waals surface area contributed by atoms with Gasteiger partial charge in [0.25, 0.3) is 0 Å². The number of rotatable bonds is 3. The van der Waals surface area contributed by atoms with Crippen molar-refractivity contribution in [1.82, 2.24) is 4.98 Å². The predicted octanol–water partition coefficient (Wildman–Crippen LogP) is -0.749. The molecule has 0 aliphatic heterocycles. The van der Waals surface area contributed by atoms with E-state index in [0.717, 1.165) is 5.82 Å². The van der Waals surface area contributed by atoms with Gasteiger partial charge in [0, 0.05) is 0 Å². The van der Waals surface area contributed by atoms with Crippen LogP contribution in [0.4, 0.5) is 5.82 Å². The van der Waals surface area contributed by atoms with Gasteiger partial charge in [-0.25, -0.2) is 0 Å². The minimum absolute atomic E-state index is 0.0740. The van der Waals surface area contributed by atoms with E-state index < -0.39 is 0 Å². The molecular formula is C9H14IN2-. The molecule has 2 nitrogen and oxygen atoms in total. The monoisotopic (exact) mass is 277 g/mol. The zero-order chi connectivity index (χ0) is 8.97. The molecule has 0 spiro atoms. The Morgan fingerprint density at radius 1 is 1.50 bits per heavy atom. The summed E-state index contributed by atoms with van der Waals surface area (Å²) < 4.78 is 3.36. The van der Waals surface area contributed by atoms with Crippen LogP contribution < -0.4 is 25.0 Å². The minimum atomic E-state index is 0.0740. The Hall–Kier alpha value is -0.320. The number of hydrogen-bond donors (Lipinski definition) is 1. The van der Waals surface area contributed by atoms with E-state index in [1.165, 1.54) is 5.56 Å². The van der Waals surface area contributed by atoms with Gasteiger partial charge >= 0.3 is 84.4 Å². The molecule has 3 heteroatoms. The maximum atomic E-state index is 4.31. The third-order valence-electron chi connectivity index (χ3n) is 1.64. The van der Waals surface area contributed by atoms with Crippen molar-refractivity contribution in [2.75, 3.05) is 8.46 Å². The van der Waals surface area contributed by atoms with Gasteiger partial charge < -0.3 is 0 Å². The average molecular weight is 277 g/mol. The van der Waals surface area contributed by atoms with Crippen molar-refractivity contribution >= 4 is 5.82 Å². The van der Waals surface area contributed by atoms with Crippen LogP contribution in [-0.4, -0.2) is 9.91 Å². The van der Waals surface area contributed by atoms with Crippen LogP contribution in [0.3, 0.4) is 0 Å². The van der Waals surface area contributed by atoms with Crippen molar-refractivity contribution in [1.29, 1.82) is 0 Å². The Morgan fingerprint density at radius 2 is 2.25 bits per heavy atom. The van der Waals surface area contributed by atoms with Gasteiger partial charge in [-0.15, -0.1) is 0 Å². The van der Waals surface area contributed by atoms with E-state index in [0.29, 0.717) is 5.92 Å². The van der Waals surface area contributed by atoms with Gasteiger partial charge in [0.15, 0.2) is 0 Å². The third kappa shape index (κ3) is 2.33. The molecule has 0 fully saturated rings. The third-order valence-corrected chi connectivity index (χ3v) is 2.70. The van der Waals surface area contributed by atoms with E-state index in [-0.39, 0.29) is 21.5 Å². The average Bonchev–Trinajstić information content (AvgIpc) is 2.05. The molecular weight excluding hydrogens is 263 g/mol. The van der Waals surface area contributed by atoms with Crippen molar-refractivity contribution in [3.05, 3.63) is 23.9 Å². The molecule has 1 rings (SSSR count). The quantitative estimate of drug-likeness (QED) is 0.447. The molecule has 0 saturated carbocycles. The molecule has 0 aliphatic carbocycles. The Labute approximate surface area is 84.4 Å². The van der Waals surface area contributed by atoms with E-state index in [4.69, 9.17) is 0 Å². The molecule has 0 unspecified atom stereocenters. The first-order chi connectivity index (χ1) is 5.75. The molecule has 68 valence electrons. The van der Waals surface area contributed by atoms with Crippen molar-refractivity contribution in [2.24, 2.45) is 0 Å². The standard InChI is InChI=1S/C9H14IN2/c1-7(2)8-5-4-6-11-9(8)12-10-3/h4-7H,1-3H3,(H,11,12)/q-1. The fraction of sp³-hybridized carbons (Fsp3) is 0.444. The Balaban J connectivity index is 2.92. The summed E-state index contributed by atoms with van der Waals surface area (Å²) in [5.41, 5.74) is 1.32. The number of aromatic nitrogens is 1. The van der Waals surface area contributed by atoms with Crippen molar-refractivity contribution in [3.8, 4) is 0 Å². The van der Waals surface area contributed by atoms with Gasteiger partial charge in [0.05, 0.1) is 0 Å². The molecule has 0 radical (unpaired) electrons. The summed E-state index contributed by atoms with van der Waals surface area (Å²) in [4.78, 5) is 6.50. The summed E-state index contributed by atoms with van der Waals surface area (Å²) in [6.07, 6.45) is 1.84. The fourth-order valence-corrected chi connectivity index (χ4v) is 2.01. The number of pyridine rings is 1. The molecule has 1 aromatic rings. The van der Waals surface area contributed by atoms with Crippen LogP contribution in [0.2, 0.25) is 0 Å². The fourth-order valence-electron chi connectivity index (χ4n) is 1.05. The molecule has 1 aromatic heterocycles. The molecule has 12 heavy (non-hydrogen) atoms. The van der Waals surface area contributed by atoms with Gasteiger partial charge in [-0.2, -0.15) is 0 Å². The molecule has 0 aliphatic rings.